The molecule has 0 saturated carbocycles. The minimum atomic E-state index is 0.533. The molecule has 1 rings (SSSR count). The van der Waals surface area contributed by atoms with Gasteiger partial charge in [0.2, 0.25) is 0 Å². The van der Waals surface area contributed by atoms with Crippen LogP contribution < -0.4 is 0 Å². The van der Waals surface area contributed by atoms with Gasteiger partial charge in [0.1, 0.15) is 5.69 Å². The zero-order valence-corrected chi connectivity index (χ0v) is 11.6. The number of carbonyl (C=O) groups is 1. The van der Waals surface area contributed by atoms with Gasteiger partial charge in [0.25, 0.3) is 0 Å². The van der Waals surface area contributed by atoms with Crippen LogP contribution in [0.1, 0.15) is 75.2 Å². The highest BCUT2D eigenvalue weighted by molar-refractivity contribution is 5.70. The van der Waals surface area contributed by atoms with Gasteiger partial charge >= 0.3 is 0 Å². The van der Waals surface area contributed by atoms with Crippen LogP contribution in [0, 0.1) is 0 Å². The van der Waals surface area contributed by atoms with Crippen molar-refractivity contribution in [2.45, 2.75) is 71.3 Å². The van der Waals surface area contributed by atoms with Crippen molar-refractivity contribution in [3.8, 4) is 0 Å². The van der Waals surface area contributed by atoms with Crippen molar-refractivity contribution in [1.82, 2.24) is 9.55 Å². The number of imidazole rings is 1. The van der Waals surface area contributed by atoms with Crippen molar-refractivity contribution in [2.75, 3.05) is 0 Å². The molecule has 3 nitrogen and oxygen atoms in total. The Morgan fingerprint density at radius 2 is 1.67 bits per heavy atom. The first-order chi connectivity index (χ1) is 8.86. The van der Waals surface area contributed by atoms with Gasteiger partial charge in [0.05, 0.1) is 6.33 Å². The molecule has 0 atom stereocenters. The fourth-order valence-corrected chi connectivity index (χ4v) is 2.17. The third-order valence-corrected chi connectivity index (χ3v) is 3.29. The number of carbonyl (C=O) groups excluding carboxylic acids is 1. The Kier molecular flexibility index (Phi) is 8.19. The molecule has 0 aliphatic carbocycles. The van der Waals surface area contributed by atoms with Crippen LogP contribution in [0.15, 0.2) is 12.5 Å². The van der Waals surface area contributed by atoms with Crippen molar-refractivity contribution in [3.05, 3.63) is 18.2 Å². The molecule has 0 bridgehead atoms. The van der Waals surface area contributed by atoms with E-state index in [0.717, 1.165) is 12.8 Å². The number of aromatic nitrogens is 2. The molecule has 0 unspecified atom stereocenters. The normalized spacial score (nSPS) is 10.7. The van der Waals surface area contributed by atoms with E-state index in [0.29, 0.717) is 5.69 Å². The Morgan fingerprint density at radius 1 is 1.06 bits per heavy atom. The highest BCUT2D eigenvalue weighted by Crippen LogP contribution is 2.10. The van der Waals surface area contributed by atoms with Gasteiger partial charge < -0.3 is 4.57 Å². The smallest absolute Gasteiger partial charge is 0.169 e. The van der Waals surface area contributed by atoms with Crippen LogP contribution in [0.25, 0.3) is 0 Å². The first-order valence-electron chi connectivity index (χ1n) is 7.33. The third-order valence-electron chi connectivity index (χ3n) is 3.29. The predicted octanol–water partition coefficient (Wildman–Crippen LogP) is 4.23. The van der Waals surface area contributed by atoms with Crippen LogP contribution in [-0.4, -0.2) is 15.8 Å². The molecule has 0 radical (unpaired) electrons. The van der Waals surface area contributed by atoms with E-state index in [2.05, 4.69) is 11.9 Å². The molecule has 0 spiro atoms. The van der Waals surface area contributed by atoms with Crippen molar-refractivity contribution in [2.24, 2.45) is 0 Å². The number of aldehydes is 1. The number of hydrogen-bond acceptors (Lipinski definition) is 2. The van der Waals surface area contributed by atoms with Crippen LogP contribution in [0.3, 0.4) is 0 Å². The van der Waals surface area contributed by atoms with E-state index < -0.39 is 0 Å². The molecule has 1 heterocycles. The van der Waals surface area contributed by atoms with Crippen LogP contribution in [-0.2, 0) is 6.54 Å². The SMILES string of the molecule is CCCCCCCCCCCn1cnc(C=O)c1. The molecule has 0 N–H and O–H groups in total. The van der Waals surface area contributed by atoms with E-state index in [-0.39, 0.29) is 0 Å². The average Bonchev–Trinajstić information content (AvgIpc) is 2.85. The molecule has 18 heavy (non-hydrogen) atoms. The molecular formula is C15H26N2O. The van der Waals surface area contributed by atoms with E-state index in [1.807, 2.05) is 10.8 Å². The van der Waals surface area contributed by atoms with Gasteiger partial charge in [-0.05, 0) is 6.42 Å². The lowest BCUT2D eigenvalue weighted by molar-refractivity contribution is 0.111. The van der Waals surface area contributed by atoms with Crippen LogP contribution in [0.4, 0.5) is 0 Å². The second kappa shape index (κ2) is 9.86. The molecule has 0 aromatic carbocycles. The van der Waals surface area contributed by atoms with Crippen molar-refractivity contribution in [1.29, 1.82) is 0 Å². The molecule has 0 aliphatic heterocycles. The van der Waals surface area contributed by atoms with Gasteiger partial charge in [-0.1, -0.05) is 58.3 Å². The Balaban J connectivity index is 1.91. The first-order valence-corrected chi connectivity index (χ1v) is 7.33. The van der Waals surface area contributed by atoms with E-state index in [1.165, 1.54) is 57.8 Å². The molecule has 1 aromatic heterocycles. The summed E-state index contributed by atoms with van der Waals surface area (Å²) in [6.07, 6.45) is 16.4. The standard InChI is InChI=1S/C15H26N2O/c1-2-3-4-5-6-7-8-9-10-11-17-12-15(13-18)16-14-17/h12-14H,2-11H2,1H3. The van der Waals surface area contributed by atoms with Gasteiger partial charge in [-0.3, -0.25) is 4.79 Å². The number of hydrogen-bond donors (Lipinski definition) is 0. The first kappa shape index (κ1) is 14.9. The lowest BCUT2D eigenvalue weighted by atomic mass is 10.1. The maximum absolute atomic E-state index is 10.5. The zero-order chi connectivity index (χ0) is 13.1. The van der Waals surface area contributed by atoms with E-state index in [9.17, 15) is 4.79 Å². The third kappa shape index (κ3) is 6.58. The topological polar surface area (TPSA) is 34.9 Å². The summed E-state index contributed by atoms with van der Waals surface area (Å²) in [5.74, 6) is 0. The van der Waals surface area contributed by atoms with Gasteiger partial charge in [-0.25, -0.2) is 4.98 Å². The van der Waals surface area contributed by atoms with E-state index in [4.69, 9.17) is 0 Å². The molecule has 102 valence electrons. The summed E-state index contributed by atoms with van der Waals surface area (Å²) in [7, 11) is 0. The van der Waals surface area contributed by atoms with E-state index in [1.54, 1.807) is 6.33 Å². The quantitative estimate of drug-likeness (QED) is 0.435. The fraction of sp³-hybridized carbons (Fsp3) is 0.733. The molecule has 1 aromatic rings. The highest BCUT2D eigenvalue weighted by Gasteiger charge is 1.96. The molecule has 3 heteroatoms. The van der Waals surface area contributed by atoms with E-state index >= 15 is 0 Å². The number of nitrogens with zero attached hydrogens (tertiary/aromatic N) is 2. The van der Waals surface area contributed by atoms with Gasteiger partial charge in [-0.2, -0.15) is 0 Å². The predicted molar refractivity (Wildman–Crippen MR) is 74.8 cm³/mol. The lowest BCUT2D eigenvalue weighted by Gasteiger charge is -2.03. The summed E-state index contributed by atoms with van der Waals surface area (Å²) >= 11 is 0. The Bertz CT molecular complexity index is 320. The molecule has 0 saturated heterocycles. The van der Waals surface area contributed by atoms with Crippen LogP contribution >= 0.6 is 0 Å². The maximum atomic E-state index is 10.5. The van der Waals surface area contributed by atoms with Gasteiger partial charge in [-0.15, -0.1) is 0 Å². The summed E-state index contributed by atoms with van der Waals surface area (Å²) in [4.78, 5) is 14.5. The summed E-state index contributed by atoms with van der Waals surface area (Å²) in [5, 5.41) is 0. The van der Waals surface area contributed by atoms with Gasteiger partial charge in [0.15, 0.2) is 6.29 Å². The number of aryl methyl sites for hydroxylation is 1. The summed E-state index contributed by atoms with van der Waals surface area (Å²) in [5.41, 5.74) is 0.533. The molecule has 0 amide bonds. The second-order valence-corrected chi connectivity index (χ2v) is 4.98. The second-order valence-electron chi connectivity index (χ2n) is 4.98. The molecular weight excluding hydrogens is 224 g/mol. The van der Waals surface area contributed by atoms with Crippen LogP contribution in [0.5, 0.6) is 0 Å². The number of rotatable bonds is 11. The zero-order valence-electron chi connectivity index (χ0n) is 11.6. The molecule has 0 fully saturated rings. The Labute approximate surface area is 111 Å². The Hall–Kier alpha value is -1.12. The largest absolute Gasteiger partial charge is 0.337 e. The minimum Gasteiger partial charge on any atom is -0.337 e. The number of unbranched alkanes of at least 4 members (excludes halogenated alkanes) is 8. The van der Waals surface area contributed by atoms with Crippen LogP contribution in [0.2, 0.25) is 0 Å². The fourth-order valence-electron chi connectivity index (χ4n) is 2.17. The summed E-state index contributed by atoms with van der Waals surface area (Å²) in [6, 6.07) is 0. The van der Waals surface area contributed by atoms with Gasteiger partial charge in [0, 0.05) is 12.7 Å². The van der Waals surface area contributed by atoms with Crippen molar-refractivity contribution in [3.63, 3.8) is 0 Å². The monoisotopic (exact) mass is 250 g/mol. The summed E-state index contributed by atoms with van der Waals surface area (Å²) in [6.45, 7) is 3.24. The lowest BCUT2D eigenvalue weighted by Crippen LogP contribution is -1.94. The molecule has 0 aliphatic rings. The Morgan fingerprint density at radius 3 is 2.22 bits per heavy atom. The summed E-state index contributed by atoms with van der Waals surface area (Å²) < 4.78 is 2.00. The maximum Gasteiger partial charge on any atom is 0.169 e. The average molecular weight is 250 g/mol. The van der Waals surface area contributed by atoms with Crippen molar-refractivity contribution >= 4 is 6.29 Å². The van der Waals surface area contributed by atoms with Crippen molar-refractivity contribution < 1.29 is 4.79 Å². The highest BCUT2D eigenvalue weighted by atomic mass is 16.1. The minimum absolute atomic E-state index is 0.533.